The van der Waals surface area contributed by atoms with Crippen LogP contribution in [0.15, 0.2) is 16.6 Å². The fourth-order valence-corrected chi connectivity index (χ4v) is 4.03. The Morgan fingerprint density at radius 3 is 2.60 bits per heavy atom. The summed E-state index contributed by atoms with van der Waals surface area (Å²) in [6.45, 7) is 5.90. The van der Waals surface area contributed by atoms with Gasteiger partial charge in [-0.2, -0.15) is 0 Å². The molecule has 1 saturated heterocycles. The summed E-state index contributed by atoms with van der Waals surface area (Å²) in [6, 6.07) is 1.56. The molecule has 2 fully saturated rings. The molecule has 1 saturated carbocycles. The van der Waals surface area contributed by atoms with Crippen molar-refractivity contribution in [1.82, 2.24) is 4.90 Å². The molecule has 2 aliphatic rings. The van der Waals surface area contributed by atoms with Crippen LogP contribution in [0.3, 0.4) is 0 Å². The molecule has 0 radical (unpaired) electrons. The zero-order valence-electron chi connectivity index (χ0n) is 14.6. The van der Waals surface area contributed by atoms with Crippen LogP contribution >= 0.6 is 15.9 Å². The third-order valence-electron chi connectivity index (χ3n) is 5.02. The van der Waals surface area contributed by atoms with Gasteiger partial charge >= 0.3 is 6.09 Å². The maximum absolute atomic E-state index is 14.4. The van der Waals surface area contributed by atoms with E-state index in [0.29, 0.717) is 6.54 Å². The molecule has 1 aliphatic carbocycles. The van der Waals surface area contributed by atoms with Crippen LogP contribution in [0.5, 0.6) is 0 Å². The summed E-state index contributed by atoms with van der Waals surface area (Å²) in [5.41, 5.74) is 5.88. The van der Waals surface area contributed by atoms with Crippen LogP contribution in [0, 0.1) is 17.0 Å². The van der Waals surface area contributed by atoms with Crippen LogP contribution in [-0.4, -0.2) is 35.2 Å². The van der Waals surface area contributed by atoms with E-state index < -0.39 is 29.4 Å². The van der Waals surface area contributed by atoms with Gasteiger partial charge in [-0.05, 0) is 73.7 Å². The van der Waals surface area contributed by atoms with Crippen molar-refractivity contribution in [2.45, 2.75) is 57.7 Å². The smallest absolute Gasteiger partial charge is 0.410 e. The van der Waals surface area contributed by atoms with E-state index in [-0.39, 0.29) is 27.9 Å². The lowest BCUT2D eigenvalue weighted by Crippen LogP contribution is -2.46. The summed E-state index contributed by atoms with van der Waals surface area (Å²) in [5, 5.41) is 0. The third-order valence-corrected chi connectivity index (χ3v) is 5.60. The van der Waals surface area contributed by atoms with E-state index in [2.05, 4.69) is 15.9 Å². The number of carbonyl (C=O) groups is 1. The molecule has 2 atom stereocenters. The molecule has 3 rings (SSSR count). The highest BCUT2D eigenvalue weighted by Crippen LogP contribution is 2.54. The van der Waals surface area contributed by atoms with Crippen molar-refractivity contribution < 1.29 is 18.3 Å². The summed E-state index contributed by atoms with van der Waals surface area (Å²) < 4.78 is 33.6. The third kappa shape index (κ3) is 3.67. The van der Waals surface area contributed by atoms with Gasteiger partial charge in [0.1, 0.15) is 17.2 Å². The van der Waals surface area contributed by atoms with Crippen molar-refractivity contribution in [3.8, 4) is 0 Å². The minimum atomic E-state index is -0.627. The maximum atomic E-state index is 14.4. The number of carbonyl (C=O) groups excluding carboxylic acids is 1. The molecule has 138 valence electrons. The van der Waals surface area contributed by atoms with Crippen molar-refractivity contribution in [3.05, 3.63) is 33.8 Å². The van der Waals surface area contributed by atoms with Crippen LogP contribution in [-0.2, 0) is 11.2 Å². The van der Waals surface area contributed by atoms with Gasteiger partial charge < -0.3 is 15.4 Å². The van der Waals surface area contributed by atoms with Crippen LogP contribution in [0.4, 0.5) is 13.6 Å². The predicted molar refractivity (Wildman–Crippen MR) is 94.1 cm³/mol. The standard InChI is InChI=1S/C18H23BrF2N2O2/c1-17(2,3)25-16(24)23-9-18(4-5-18)15(22)13(23)7-10-6-11(20)8-12(19)14(10)21/h6,8,13,15H,4-5,7,9,22H2,1-3H3/t13-,15+/m0/s1. The van der Waals surface area contributed by atoms with Crippen molar-refractivity contribution in [3.63, 3.8) is 0 Å². The van der Waals surface area contributed by atoms with Crippen LogP contribution < -0.4 is 5.73 Å². The number of amides is 1. The summed E-state index contributed by atoms with van der Waals surface area (Å²) in [5.74, 6) is -1.05. The maximum Gasteiger partial charge on any atom is 0.410 e. The summed E-state index contributed by atoms with van der Waals surface area (Å²) in [6.07, 6.45) is 1.59. The first-order valence-electron chi connectivity index (χ1n) is 8.41. The van der Waals surface area contributed by atoms with Crippen molar-refractivity contribution in [2.75, 3.05) is 6.54 Å². The topological polar surface area (TPSA) is 55.6 Å². The molecule has 1 aromatic rings. The van der Waals surface area contributed by atoms with Gasteiger partial charge in [-0.25, -0.2) is 13.6 Å². The Morgan fingerprint density at radius 2 is 2.04 bits per heavy atom. The van der Waals surface area contributed by atoms with Crippen LogP contribution in [0.1, 0.15) is 39.2 Å². The van der Waals surface area contributed by atoms with E-state index in [1.807, 2.05) is 0 Å². The Morgan fingerprint density at radius 1 is 1.40 bits per heavy atom. The molecule has 2 N–H and O–H groups in total. The Kier molecular flexibility index (Phi) is 4.60. The van der Waals surface area contributed by atoms with E-state index in [1.54, 1.807) is 25.7 Å². The lowest BCUT2D eigenvalue weighted by molar-refractivity contribution is 0.0215. The zero-order valence-corrected chi connectivity index (χ0v) is 16.2. The van der Waals surface area contributed by atoms with Gasteiger partial charge in [0.15, 0.2) is 0 Å². The second-order valence-corrected chi connectivity index (χ2v) is 8.98. The fraction of sp³-hybridized carbons (Fsp3) is 0.611. The number of halogens is 3. The highest BCUT2D eigenvalue weighted by molar-refractivity contribution is 9.10. The normalized spacial score (nSPS) is 24.7. The number of hydrogen-bond donors (Lipinski definition) is 1. The lowest BCUT2D eigenvalue weighted by Gasteiger charge is -2.30. The number of ether oxygens (including phenoxy) is 1. The fourth-order valence-electron chi connectivity index (χ4n) is 3.56. The van der Waals surface area contributed by atoms with Crippen LogP contribution in [0.25, 0.3) is 0 Å². The van der Waals surface area contributed by atoms with Gasteiger partial charge in [-0.3, -0.25) is 0 Å². The van der Waals surface area contributed by atoms with Gasteiger partial charge in [-0.1, -0.05) is 0 Å². The number of rotatable bonds is 2. The molecule has 4 nitrogen and oxygen atoms in total. The van der Waals surface area contributed by atoms with Gasteiger partial charge in [0.05, 0.1) is 10.5 Å². The first-order valence-corrected chi connectivity index (χ1v) is 9.20. The Balaban J connectivity index is 1.87. The molecule has 0 aromatic heterocycles. The van der Waals surface area contributed by atoms with E-state index in [0.717, 1.165) is 25.0 Å². The zero-order chi connectivity index (χ0) is 18.6. The summed E-state index contributed by atoms with van der Waals surface area (Å²) in [7, 11) is 0. The Bertz CT molecular complexity index is 701. The van der Waals surface area contributed by atoms with Gasteiger partial charge in [0.25, 0.3) is 0 Å². The van der Waals surface area contributed by atoms with E-state index >= 15 is 0 Å². The highest BCUT2D eigenvalue weighted by atomic mass is 79.9. The second-order valence-electron chi connectivity index (χ2n) is 8.13. The average Bonchev–Trinajstić information content (AvgIpc) is 3.20. The molecule has 1 aromatic carbocycles. The number of benzene rings is 1. The van der Waals surface area contributed by atoms with Crippen molar-refractivity contribution >= 4 is 22.0 Å². The molecular weight excluding hydrogens is 394 g/mol. The van der Waals surface area contributed by atoms with Crippen molar-refractivity contribution in [1.29, 1.82) is 0 Å². The minimum Gasteiger partial charge on any atom is -0.444 e. The molecule has 0 bridgehead atoms. The number of likely N-dealkylation sites (tertiary alicyclic amines) is 1. The van der Waals surface area contributed by atoms with Gasteiger partial charge in [0, 0.05) is 18.0 Å². The molecule has 7 heteroatoms. The molecule has 1 aliphatic heterocycles. The van der Waals surface area contributed by atoms with Crippen molar-refractivity contribution in [2.24, 2.45) is 11.1 Å². The second kappa shape index (κ2) is 6.20. The van der Waals surface area contributed by atoms with Crippen LogP contribution in [0.2, 0.25) is 0 Å². The number of hydrogen-bond acceptors (Lipinski definition) is 3. The van der Waals surface area contributed by atoms with Gasteiger partial charge in [-0.15, -0.1) is 0 Å². The quantitative estimate of drug-likeness (QED) is 0.741. The van der Waals surface area contributed by atoms with Gasteiger partial charge in [0.2, 0.25) is 0 Å². The molecular formula is C18H23BrF2N2O2. The Hall–Kier alpha value is -1.21. The van der Waals surface area contributed by atoms with E-state index in [1.165, 1.54) is 0 Å². The average molecular weight is 417 g/mol. The molecule has 1 spiro atoms. The molecule has 25 heavy (non-hydrogen) atoms. The monoisotopic (exact) mass is 416 g/mol. The lowest BCUT2D eigenvalue weighted by atomic mass is 9.92. The van der Waals surface area contributed by atoms with E-state index in [4.69, 9.17) is 10.5 Å². The van der Waals surface area contributed by atoms with E-state index in [9.17, 15) is 13.6 Å². The summed E-state index contributed by atoms with van der Waals surface area (Å²) in [4.78, 5) is 14.2. The SMILES string of the molecule is CC(C)(C)OC(=O)N1CC2(CC2)[C@H](N)[C@@H]1Cc1cc(F)cc(Br)c1F. The largest absolute Gasteiger partial charge is 0.444 e. The first kappa shape index (κ1) is 18.6. The Labute approximate surface area is 154 Å². The first-order chi connectivity index (χ1) is 11.5. The summed E-state index contributed by atoms with van der Waals surface area (Å²) >= 11 is 3.03. The number of nitrogens with two attached hydrogens (primary N) is 1. The number of nitrogens with zero attached hydrogens (tertiary/aromatic N) is 1. The molecule has 1 heterocycles. The molecule has 0 unspecified atom stereocenters. The minimum absolute atomic E-state index is 0.0685. The highest BCUT2D eigenvalue weighted by Gasteiger charge is 2.59. The predicted octanol–water partition coefficient (Wildman–Crippen LogP) is 4.00. The molecule has 1 amide bonds.